The molecule has 3 heterocycles. The standard InChI is InChI=1S/C25H20N2O6S/c1-12-5-10-17-16(11-12)20(28)18-19(14-6-8-15(31-3)9-7-14)27(23(29)21(18)33-17)25-26-13(2)22(34-25)24(30)32-4/h5-11,19H,1-4H3. The van der Waals surface area contributed by atoms with Gasteiger partial charge < -0.3 is 13.9 Å². The lowest BCUT2D eigenvalue weighted by atomic mass is 9.98. The quantitative estimate of drug-likeness (QED) is 0.402. The third-order valence-corrected chi connectivity index (χ3v) is 6.96. The molecule has 0 spiro atoms. The third kappa shape index (κ3) is 3.28. The van der Waals surface area contributed by atoms with Crippen molar-refractivity contribution in [2.75, 3.05) is 19.1 Å². The normalized spacial score (nSPS) is 15.0. The van der Waals surface area contributed by atoms with Crippen molar-refractivity contribution in [3.63, 3.8) is 0 Å². The Morgan fingerprint density at radius 3 is 2.50 bits per heavy atom. The molecule has 8 nitrogen and oxygen atoms in total. The monoisotopic (exact) mass is 476 g/mol. The van der Waals surface area contributed by atoms with Crippen molar-refractivity contribution in [2.24, 2.45) is 0 Å². The Morgan fingerprint density at radius 1 is 1.09 bits per heavy atom. The van der Waals surface area contributed by atoms with Gasteiger partial charge in [-0.1, -0.05) is 35.1 Å². The number of aryl methyl sites for hydroxylation is 2. The minimum absolute atomic E-state index is 0.0327. The van der Waals surface area contributed by atoms with Gasteiger partial charge in [0.2, 0.25) is 5.76 Å². The summed E-state index contributed by atoms with van der Waals surface area (Å²) in [6.45, 7) is 3.56. The van der Waals surface area contributed by atoms with E-state index in [9.17, 15) is 14.4 Å². The zero-order chi connectivity index (χ0) is 24.1. The SMILES string of the molecule is COC(=O)c1sc(N2C(=O)c3oc4ccc(C)cc4c(=O)c3C2c2ccc(OC)cc2)nc1C. The number of nitrogens with zero attached hydrogens (tertiary/aromatic N) is 2. The maximum Gasteiger partial charge on any atom is 0.350 e. The molecule has 0 saturated heterocycles. The van der Waals surface area contributed by atoms with Crippen molar-refractivity contribution in [1.29, 1.82) is 0 Å². The topological polar surface area (TPSA) is 98.9 Å². The maximum absolute atomic E-state index is 13.7. The van der Waals surface area contributed by atoms with Crippen molar-refractivity contribution < 1.29 is 23.5 Å². The molecule has 0 aliphatic carbocycles. The van der Waals surface area contributed by atoms with Gasteiger partial charge in [-0.3, -0.25) is 14.5 Å². The fourth-order valence-corrected chi connectivity index (χ4v) is 5.16. The van der Waals surface area contributed by atoms with Gasteiger partial charge in [-0.15, -0.1) is 0 Å². The summed E-state index contributed by atoms with van der Waals surface area (Å²) < 4.78 is 16.1. The van der Waals surface area contributed by atoms with E-state index in [0.717, 1.165) is 16.9 Å². The second-order valence-corrected chi connectivity index (χ2v) is 8.90. The van der Waals surface area contributed by atoms with E-state index in [1.54, 1.807) is 50.4 Å². The molecule has 1 unspecified atom stereocenters. The van der Waals surface area contributed by atoms with Crippen molar-refractivity contribution in [1.82, 2.24) is 4.98 Å². The van der Waals surface area contributed by atoms with Gasteiger partial charge in [0.05, 0.1) is 36.9 Å². The molecule has 9 heteroatoms. The molecule has 1 aliphatic heterocycles. The second-order valence-electron chi connectivity index (χ2n) is 7.93. The molecule has 1 amide bonds. The number of rotatable bonds is 4. The Hall–Kier alpha value is -3.98. The number of ether oxygens (including phenoxy) is 2. The summed E-state index contributed by atoms with van der Waals surface area (Å²) in [5.74, 6) is -0.434. The Labute approximate surface area is 198 Å². The number of esters is 1. The third-order valence-electron chi connectivity index (χ3n) is 5.82. The van der Waals surface area contributed by atoms with Crippen LogP contribution in [0.1, 0.15) is 48.7 Å². The molecule has 34 heavy (non-hydrogen) atoms. The highest BCUT2D eigenvalue weighted by Crippen LogP contribution is 2.43. The number of carbonyl (C=O) groups is 2. The molecule has 0 radical (unpaired) electrons. The van der Waals surface area contributed by atoms with E-state index in [1.807, 2.05) is 13.0 Å². The van der Waals surface area contributed by atoms with Crippen LogP contribution >= 0.6 is 11.3 Å². The van der Waals surface area contributed by atoms with Crippen LogP contribution in [0.3, 0.4) is 0 Å². The number of hydrogen-bond acceptors (Lipinski definition) is 8. The van der Waals surface area contributed by atoms with Gasteiger partial charge in [-0.05, 0) is 43.7 Å². The minimum atomic E-state index is -0.786. The predicted octanol–water partition coefficient (Wildman–Crippen LogP) is 4.41. The van der Waals surface area contributed by atoms with Crippen LogP contribution in [0, 0.1) is 13.8 Å². The van der Waals surface area contributed by atoms with Gasteiger partial charge in [-0.2, -0.15) is 0 Å². The second kappa shape index (κ2) is 8.11. The van der Waals surface area contributed by atoms with Crippen molar-refractivity contribution in [2.45, 2.75) is 19.9 Å². The van der Waals surface area contributed by atoms with Gasteiger partial charge in [0, 0.05) is 0 Å². The van der Waals surface area contributed by atoms with Gasteiger partial charge in [0.1, 0.15) is 16.2 Å². The molecule has 5 rings (SSSR count). The van der Waals surface area contributed by atoms with Gasteiger partial charge in [0.15, 0.2) is 10.6 Å². The van der Waals surface area contributed by atoms with E-state index in [0.29, 0.717) is 28.0 Å². The lowest BCUT2D eigenvalue weighted by Crippen LogP contribution is -2.29. The zero-order valence-corrected chi connectivity index (χ0v) is 19.7. The number of anilines is 1. The van der Waals surface area contributed by atoms with E-state index < -0.39 is 17.9 Å². The van der Waals surface area contributed by atoms with Crippen LogP contribution in [-0.2, 0) is 4.74 Å². The highest BCUT2D eigenvalue weighted by Gasteiger charge is 2.45. The van der Waals surface area contributed by atoms with Crippen LogP contribution in [0.15, 0.2) is 51.7 Å². The smallest absolute Gasteiger partial charge is 0.350 e. The van der Waals surface area contributed by atoms with E-state index in [4.69, 9.17) is 13.9 Å². The molecule has 0 fully saturated rings. The van der Waals surface area contributed by atoms with Crippen LogP contribution in [0.4, 0.5) is 5.13 Å². The van der Waals surface area contributed by atoms with E-state index in [2.05, 4.69) is 4.98 Å². The van der Waals surface area contributed by atoms with Crippen LogP contribution in [0.2, 0.25) is 0 Å². The zero-order valence-electron chi connectivity index (χ0n) is 18.9. The van der Waals surface area contributed by atoms with Crippen LogP contribution in [0.5, 0.6) is 5.75 Å². The molecule has 2 aromatic heterocycles. The summed E-state index contributed by atoms with van der Waals surface area (Å²) in [5, 5.41) is 0.673. The highest BCUT2D eigenvalue weighted by molar-refractivity contribution is 7.17. The molecular weight excluding hydrogens is 456 g/mol. The Morgan fingerprint density at radius 2 is 1.82 bits per heavy atom. The molecule has 0 N–H and O–H groups in total. The molecular formula is C25H20N2O6S. The van der Waals surface area contributed by atoms with Gasteiger partial charge in [-0.25, -0.2) is 9.78 Å². The lowest BCUT2D eigenvalue weighted by Gasteiger charge is -2.22. The lowest BCUT2D eigenvalue weighted by molar-refractivity contribution is 0.0605. The van der Waals surface area contributed by atoms with E-state index in [1.165, 1.54) is 12.0 Å². The summed E-state index contributed by atoms with van der Waals surface area (Å²) in [4.78, 5) is 45.7. The van der Waals surface area contributed by atoms with Crippen molar-refractivity contribution in [3.05, 3.63) is 85.7 Å². The highest BCUT2D eigenvalue weighted by atomic mass is 32.1. The number of amides is 1. The maximum atomic E-state index is 13.7. The fourth-order valence-electron chi connectivity index (χ4n) is 4.15. The Kier molecular flexibility index (Phi) is 5.21. The molecule has 172 valence electrons. The molecule has 0 saturated carbocycles. The number of fused-ring (bicyclic) bond motifs is 2. The predicted molar refractivity (Wildman–Crippen MR) is 127 cm³/mol. The summed E-state index contributed by atoms with van der Waals surface area (Å²) in [6.07, 6.45) is 0. The average molecular weight is 477 g/mol. The number of hydrogen-bond donors (Lipinski definition) is 0. The first kappa shape index (κ1) is 21.8. The van der Waals surface area contributed by atoms with Crippen LogP contribution in [0.25, 0.3) is 11.0 Å². The number of benzene rings is 2. The fraction of sp³-hybridized carbons (Fsp3) is 0.200. The molecule has 2 aromatic carbocycles. The molecule has 1 aliphatic rings. The number of carbonyl (C=O) groups excluding carboxylic acids is 2. The number of methoxy groups -OCH3 is 2. The molecule has 4 aromatic rings. The van der Waals surface area contributed by atoms with Crippen molar-refractivity contribution in [3.8, 4) is 5.75 Å². The van der Waals surface area contributed by atoms with Crippen LogP contribution < -0.4 is 15.1 Å². The van der Waals surface area contributed by atoms with E-state index >= 15 is 0 Å². The first-order chi connectivity index (χ1) is 16.3. The van der Waals surface area contributed by atoms with E-state index in [-0.39, 0.29) is 26.8 Å². The first-order valence-electron chi connectivity index (χ1n) is 10.4. The minimum Gasteiger partial charge on any atom is -0.497 e. The number of thiazole rings is 1. The summed E-state index contributed by atoms with van der Waals surface area (Å²) in [5.41, 5.74) is 2.31. The van der Waals surface area contributed by atoms with Gasteiger partial charge >= 0.3 is 5.97 Å². The molecule has 0 bridgehead atoms. The molecule has 1 atom stereocenters. The summed E-state index contributed by atoms with van der Waals surface area (Å²) in [6, 6.07) is 11.6. The number of aromatic nitrogens is 1. The van der Waals surface area contributed by atoms with Crippen molar-refractivity contribution >= 4 is 39.3 Å². The van der Waals surface area contributed by atoms with Gasteiger partial charge in [0.25, 0.3) is 5.91 Å². The first-order valence-corrected chi connectivity index (χ1v) is 11.3. The Balaban J connectivity index is 1.77. The Bertz CT molecular complexity index is 1520. The average Bonchev–Trinajstić information content (AvgIpc) is 3.36. The summed E-state index contributed by atoms with van der Waals surface area (Å²) in [7, 11) is 2.85. The largest absolute Gasteiger partial charge is 0.497 e. The summed E-state index contributed by atoms with van der Waals surface area (Å²) >= 11 is 1.03. The van der Waals surface area contributed by atoms with Crippen LogP contribution in [-0.4, -0.2) is 31.1 Å².